The van der Waals surface area contributed by atoms with E-state index in [-0.39, 0.29) is 22.1 Å². The Kier molecular flexibility index (Phi) is 7.11. The molecule has 2 aromatic carbocycles. The molecule has 0 fully saturated rings. The number of aromatic nitrogens is 5. The maximum absolute atomic E-state index is 13.7. The predicted octanol–water partition coefficient (Wildman–Crippen LogP) is -0.256. The predicted molar refractivity (Wildman–Crippen MR) is 129 cm³/mol. The summed E-state index contributed by atoms with van der Waals surface area (Å²) < 4.78 is 85.3. The third kappa shape index (κ3) is 5.16. The van der Waals surface area contributed by atoms with Crippen LogP contribution in [0.5, 0.6) is 0 Å². The van der Waals surface area contributed by atoms with Gasteiger partial charge >= 0.3 is 6.11 Å². The molecule has 2 heterocycles. The number of alkyl halides is 2. The smallest absolute Gasteiger partial charge is 0.402 e. The molecule has 4 rings (SSSR count). The number of benzene rings is 2. The zero-order chi connectivity index (χ0) is 27.9. The quantitative estimate of drug-likeness (QED) is 0.150. The molecule has 2 aromatic heterocycles. The number of halogens is 2. The molecule has 20 heteroatoms. The number of aromatic amines is 1. The average molecular weight is 590 g/mol. The van der Waals surface area contributed by atoms with Crippen LogP contribution in [0, 0.1) is 0 Å². The molecule has 1 atom stereocenters. The molecule has 0 bridgehead atoms. The van der Waals surface area contributed by atoms with Crippen LogP contribution in [0.2, 0.25) is 0 Å². The Hall–Kier alpha value is -3.69. The van der Waals surface area contributed by atoms with Crippen molar-refractivity contribution in [1.29, 1.82) is 0 Å². The molecule has 15 nitrogen and oxygen atoms in total. The van der Waals surface area contributed by atoms with E-state index in [1.54, 1.807) is 22.9 Å². The first-order valence-electron chi connectivity index (χ1n) is 10.1. The summed E-state index contributed by atoms with van der Waals surface area (Å²) >= 11 is 1.16. The number of anilines is 1. The first-order valence-corrected chi connectivity index (χ1v) is 13.9. The maximum atomic E-state index is 13.7. The standard InChI is InChI=1S/C18H17F2N9O6S3/c19-18(20,35-7-30)12(21)6-24-38(33,34)11-5-4-8(9-2-1-3-10-14(9)25-17(22)36-10)13(15(11)37(23,31)32)16-26-28-29-27-16/h1-5,7,12,24H,6,21H2,(H2,22,25)(H2,23,31,32)(H,26,27,28,29). The summed E-state index contributed by atoms with van der Waals surface area (Å²) in [6, 6.07) is 4.78. The summed E-state index contributed by atoms with van der Waals surface area (Å²) in [6.45, 7) is -1.70. The molecular formula is C18H17F2N9O6S3. The lowest BCUT2D eigenvalue weighted by Gasteiger charge is -2.22. The Balaban J connectivity index is 1.94. The number of sulfonamides is 2. The molecule has 0 saturated carbocycles. The second-order valence-electron chi connectivity index (χ2n) is 7.55. The van der Waals surface area contributed by atoms with Crippen molar-refractivity contribution in [2.75, 3.05) is 12.3 Å². The van der Waals surface area contributed by atoms with Crippen LogP contribution in [0.25, 0.3) is 32.7 Å². The Morgan fingerprint density at radius 1 is 1.18 bits per heavy atom. The van der Waals surface area contributed by atoms with Crippen LogP contribution < -0.4 is 21.3 Å². The van der Waals surface area contributed by atoms with E-state index in [9.17, 15) is 30.4 Å². The fourth-order valence-electron chi connectivity index (χ4n) is 3.51. The topological polar surface area (TPSA) is 252 Å². The number of H-pyrrole nitrogens is 1. The van der Waals surface area contributed by atoms with Crippen molar-refractivity contribution in [1.82, 2.24) is 30.3 Å². The highest BCUT2D eigenvalue weighted by Gasteiger charge is 2.41. The molecule has 0 saturated heterocycles. The van der Waals surface area contributed by atoms with E-state index in [1.807, 2.05) is 0 Å². The monoisotopic (exact) mass is 589 g/mol. The van der Waals surface area contributed by atoms with Gasteiger partial charge < -0.3 is 16.2 Å². The summed E-state index contributed by atoms with van der Waals surface area (Å²) in [6.07, 6.45) is -4.22. The van der Waals surface area contributed by atoms with E-state index < -0.39 is 55.0 Å². The fourth-order valence-corrected chi connectivity index (χ4v) is 6.94. The number of thiazole rings is 1. The molecule has 8 N–H and O–H groups in total. The lowest BCUT2D eigenvalue weighted by atomic mass is 9.98. The molecule has 0 aliphatic carbocycles. The van der Waals surface area contributed by atoms with Gasteiger partial charge in [0, 0.05) is 12.1 Å². The lowest BCUT2D eigenvalue weighted by molar-refractivity contribution is -0.230. The van der Waals surface area contributed by atoms with Crippen molar-refractivity contribution < 1.29 is 35.1 Å². The minimum Gasteiger partial charge on any atom is -0.402 e. The highest BCUT2D eigenvalue weighted by atomic mass is 32.2. The summed E-state index contributed by atoms with van der Waals surface area (Å²) in [5, 5.41) is 18.6. The number of carbonyl (C=O) groups is 1. The summed E-state index contributed by atoms with van der Waals surface area (Å²) in [5.74, 6) is -0.274. The van der Waals surface area contributed by atoms with Crippen LogP contribution in [0.4, 0.5) is 13.9 Å². The number of nitrogens with zero attached hydrogens (tertiary/aromatic N) is 4. The number of ether oxygens (including phenoxy) is 1. The van der Waals surface area contributed by atoms with E-state index in [4.69, 9.17) is 16.6 Å². The van der Waals surface area contributed by atoms with Crippen molar-refractivity contribution in [2.24, 2.45) is 10.9 Å². The number of nitrogen functional groups attached to an aromatic ring is 1. The Morgan fingerprint density at radius 2 is 1.92 bits per heavy atom. The Labute approximate surface area is 216 Å². The first-order chi connectivity index (χ1) is 17.8. The van der Waals surface area contributed by atoms with Gasteiger partial charge in [-0.3, -0.25) is 4.79 Å². The maximum Gasteiger partial charge on any atom is 0.416 e. The minimum atomic E-state index is -4.88. The third-order valence-electron chi connectivity index (χ3n) is 5.13. The van der Waals surface area contributed by atoms with E-state index >= 15 is 0 Å². The summed E-state index contributed by atoms with van der Waals surface area (Å²) in [7, 11) is -9.73. The average Bonchev–Trinajstić information content (AvgIpc) is 3.50. The van der Waals surface area contributed by atoms with E-state index in [2.05, 4.69) is 30.3 Å². The molecular weight excluding hydrogens is 572 g/mol. The van der Waals surface area contributed by atoms with Crippen LogP contribution in [0.15, 0.2) is 40.1 Å². The first kappa shape index (κ1) is 27.3. The number of hydrogen-bond acceptors (Lipinski definition) is 13. The highest BCUT2D eigenvalue weighted by Crippen LogP contribution is 2.41. The summed E-state index contributed by atoms with van der Waals surface area (Å²) in [5.41, 5.74) is 11.6. The van der Waals surface area contributed by atoms with Gasteiger partial charge in [-0.25, -0.2) is 36.8 Å². The van der Waals surface area contributed by atoms with Gasteiger partial charge in [-0.15, -0.1) is 5.10 Å². The van der Waals surface area contributed by atoms with Crippen LogP contribution >= 0.6 is 11.3 Å². The number of hydrogen-bond donors (Lipinski definition) is 5. The van der Waals surface area contributed by atoms with Gasteiger partial charge in [0.1, 0.15) is 15.8 Å². The second-order valence-corrected chi connectivity index (χ2v) is 11.8. The van der Waals surface area contributed by atoms with Crippen LogP contribution in [0.3, 0.4) is 0 Å². The molecule has 1 unspecified atom stereocenters. The largest absolute Gasteiger partial charge is 0.416 e. The Morgan fingerprint density at radius 3 is 2.55 bits per heavy atom. The SMILES string of the molecule is Nc1nc2c(-c3ccc(S(=O)(=O)NCC(N)C(F)(F)OC=O)c(S(N)(=O)=O)c3-c3nnn[nH]3)cccc2s1. The molecule has 4 aromatic rings. The van der Waals surface area contributed by atoms with Crippen LogP contribution in [-0.2, 0) is 29.6 Å². The number of primary sulfonamides is 1. The lowest BCUT2D eigenvalue weighted by Crippen LogP contribution is -2.50. The minimum absolute atomic E-state index is 0.116. The van der Waals surface area contributed by atoms with Gasteiger partial charge in [0.15, 0.2) is 11.0 Å². The van der Waals surface area contributed by atoms with Gasteiger partial charge in [-0.05, 0) is 28.1 Å². The molecule has 0 amide bonds. The molecule has 0 radical (unpaired) electrons. The van der Waals surface area contributed by atoms with Gasteiger partial charge in [-0.2, -0.15) is 8.78 Å². The summed E-state index contributed by atoms with van der Waals surface area (Å²) in [4.78, 5) is 12.7. The Bertz CT molecular complexity index is 1730. The number of tetrazole rings is 1. The van der Waals surface area contributed by atoms with Crippen LogP contribution in [-0.4, -0.2) is 67.6 Å². The number of rotatable bonds is 10. The molecule has 0 spiro atoms. The normalized spacial score (nSPS) is 13.5. The van der Waals surface area contributed by atoms with Crippen molar-refractivity contribution in [3.8, 4) is 22.5 Å². The van der Waals surface area contributed by atoms with Crippen molar-refractivity contribution in [3.05, 3.63) is 30.3 Å². The third-order valence-corrected chi connectivity index (χ3v) is 8.57. The van der Waals surface area contributed by atoms with E-state index in [0.717, 1.165) is 17.4 Å². The van der Waals surface area contributed by atoms with Gasteiger partial charge in [0.2, 0.25) is 20.0 Å². The van der Waals surface area contributed by atoms with Crippen LogP contribution in [0.1, 0.15) is 0 Å². The van der Waals surface area contributed by atoms with Gasteiger partial charge in [-0.1, -0.05) is 29.5 Å². The molecule has 0 aliphatic rings. The van der Waals surface area contributed by atoms with Gasteiger partial charge in [0.05, 0.1) is 15.8 Å². The number of nitrogens with one attached hydrogen (secondary N) is 2. The number of nitrogens with two attached hydrogens (primary N) is 3. The fraction of sp³-hybridized carbons (Fsp3) is 0.167. The van der Waals surface area contributed by atoms with Crippen molar-refractivity contribution >= 4 is 53.2 Å². The van der Waals surface area contributed by atoms with Crippen molar-refractivity contribution in [3.63, 3.8) is 0 Å². The van der Waals surface area contributed by atoms with E-state index in [0.29, 0.717) is 15.8 Å². The number of fused-ring (bicyclic) bond motifs is 1. The van der Waals surface area contributed by atoms with Crippen molar-refractivity contribution in [2.45, 2.75) is 21.9 Å². The second kappa shape index (κ2) is 9.89. The van der Waals surface area contributed by atoms with Gasteiger partial charge in [0.25, 0.3) is 6.47 Å². The van der Waals surface area contributed by atoms with E-state index in [1.165, 1.54) is 6.07 Å². The molecule has 0 aliphatic heterocycles. The zero-order valence-corrected chi connectivity index (χ0v) is 21.1. The molecule has 202 valence electrons. The zero-order valence-electron chi connectivity index (χ0n) is 18.7. The number of carbonyl (C=O) groups excluding carboxylic acids is 1. The number of para-hydroxylation sites is 1. The highest BCUT2D eigenvalue weighted by molar-refractivity contribution is 7.92. The molecule has 38 heavy (non-hydrogen) atoms.